The Morgan fingerprint density at radius 3 is 0.860 bits per heavy atom. The molecule has 0 aromatic heterocycles. The topological polar surface area (TPSA) is 78.9 Å². The molecular formula is C51H98O6. The van der Waals surface area contributed by atoms with E-state index in [9.17, 15) is 14.4 Å². The molecule has 0 N–H and O–H groups in total. The van der Waals surface area contributed by atoms with E-state index in [4.69, 9.17) is 14.2 Å². The average Bonchev–Trinajstić information content (AvgIpc) is 3.18. The minimum Gasteiger partial charge on any atom is -0.462 e. The van der Waals surface area contributed by atoms with Crippen LogP contribution in [-0.2, 0) is 28.6 Å². The van der Waals surface area contributed by atoms with Crippen molar-refractivity contribution in [2.24, 2.45) is 11.8 Å². The Kier molecular flexibility index (Phi) is 42.7. The smallest absolute Gasteiger partial charge is 0.306 e. The van der Waals surface area contributed by atoms with Gasteiger partial charge in [-0.2, -0.15) is 0 Å². The van der Waals surface area contributed by atoms with Crippen LogP contribution in [0.15, 0.2) is 0 Å². The Morgan fingerprint density at radius 1 is 0.333 bits per heavy atom. The average molecular weight is 807 g/mol. The molecule has 0 spiro atoms. The lowest BCUT2D eigenvalue weighted by Crippen LogP contribution is -2.30. The highest BCUT2D eigenvalue weighted by atomic mass is 16.6. The number of hydrogen-bond acceptors (Lipinski definition) is 6. The number of carbonyl (C=O) groups excluding carboxylic acids is 3. The lowest BCUT2D eigenvalue weighted by atomic mass is 10.0. The van der Waals surface area contributed by atoms with Crippen LogP contribution in [0.5, 0.6) is 0 Å². The third-order valence-electron chi connectivity index (χ3n) is 11.5. The zero-order valence-electron chi connectivity index (χ0n) is 39.0. The Labute approximate surface area is 355 Å². The van der Waals surface area contributed by atoms with Crippen molar-refractivity contribution >= 4 is 17.9 Å². The van der Waals surface area contributed by atoms with E-state index in [0.717, 1.165) is 69.6 Å². The monoisotopic (exact) mass is 807 g/mol. The molecular weight excluding hydrogens is 709 g/mol. The van der Waals surface area contributed by atoms with Crippen LogP contribution >= 0.6 is 0 Å². The predicted molar refractivity (Wildman–Crippen MR) is 243 cm³/mol. The third-order valence-corrected chi connectivity index (χ3v) is 11.5. The maximum atomic E-state index is 12.8. The molecule has 0 aliphatic carbocycles. The number of unbranched alkanes of at least 4 members (excludes halogenated alkanes) is 30. The summed E-state index contributed by atoms with van der Waals surface area (Å²) in [5, 5.41) is 0. The maximum absolute atomic E-state index is 12.8. The Balaban J connectivity index is 4.30. The highest BCUT2D eigenvalue weighted by Gasteiger charge is 2.19. The maximum Gasteiger partial charge on any atom is 0.306 e. The molecule has 6 heteroatoms. The summed E-state index contributed by atoms with van der Waals surface area (Å²) in [4.78, 5) is 37.9. The molecule has 0 unspecified atom stereocenters. The van der Waals surface area contributed by atoms with E-state index in [1.807, 2.05) is 0 Å². The first kappa shape index (κ1) is 55.4. The van der Waals surface area contributed by atoms with E-state index in [2.05, 4.69) is 34.6 Å². The largest absolute Gasteiger partial charge is 0.462 e. The van der Waals surface area contributed by atoms with E-state index in [1.54, 1.807) is 0 Å². The van der Waals surface area contributed by atoms with Crippen molar-refractivity contribution in [3.8, 4) is 0 Å². The fourth-order valence-electron chi connectivity index (χ4n) is 7.64. The molecule has 0 aromatic carbocycles. The molecule has 6 nitrogen and oxygen atoms in total. The van der Waals surface area contributed by atoms with Crippen molar-refractivity contribution in [1.82, 2.24) is 0 Å². The number of esters is 3. The van der Waals surface area contributed by atoms with Crippen LogP contribution < -0.4 is 0 Å². The van der Waals surface area contributed by atoms with Gasteiger partial charge in [-0.3, -0.25) is 14.4 Å². The molecule has 0 saturated carbocycles. The zero-order valence-corrected chi connectivity index (χ0v) is 39.0. The van der Waals surface area contributed by atoms with Crippen molar-refractivity contribution in [3.05, 3.63) is 0 Å². The number of ether oxygens (including phenoxy) is 3. The molecule has 0 amide bonds. The second-order valence-electron chi connectivity index (χ2n) is 18.4. The quantitative estimate of drug-likeness (QED) is 0.0346. The molecule has 338 valence electrons. The summed E-state index contributed by atoms with van der Waals surface area (Å²) in [5.74, 6) is 0.808. The zero-order chi connectivity index (χ0) is 41.9. The molecule has 0 saturated heterocycles. The highest BCUT2D eigenvalue weighted by Crippen LogP contribution is 2.17. The second-order valence-corrected chi connectivity index (χ2v) is 18.4. The van der Waals surface area contributed by atoms with Gasteiger partial charge in [0.2, 0.25) is 0 Å². The second kappa shape index (κ2) is 44.0. The van der Waals surface area contributed by atoms with Gasteiger partial charge in [0.15, 0.2) is 6.10 Å². The predicted octanol–water partition coefficient (Wildman–Crippen LogP) is 16.1. The molecule has 0 fully saturated rings. The van der Waals surface area contributed by atoms with Crippen LogP contribution in [-0.4, -0.2) is 37.2 Å². The first-order valence-corrected chi connectivity index (χ1v) is 25.2. The van der Waals surface area contributed by atoms with Gasteiger partial charge in [0.25, 0.3) is 0 Å². The summed E-state index contributed by atoms with van der Waals surface area (Å²) in [6.07, 6.45) is 43.7. The first-order valence-electron chi connectivity index (χ1n) is 25.2. The molecule has 0 aliphatic heterocycles. The molecule has 0 rings (SSSR count). The van der Waals surface area contributed by atoms with Crippen LogP contribution in [0.1, 0.15) is 279 Å². The number of rotatable bonds is 45. The summed E-state index contributed by atoms with van der Waals surface area (Å²) in [6, 6.07) is 0. The summed E-state index contributed by atoms with van der Waals surface area (Å²) in [6.45, 7) is 11.4. The van der Waals surface area contributed by atoms with Gasteiger partial charge in [0.1, 0.15) is 13.2 Å². The summed E-state index contributed by atoms with van der Waals surface area (Å²) >= 11 is 0. The fourth-order valence-corrected chi connectivity index (χ4v) is 7.64. The van der Waals surface area contributed by atoms with E-state index in [0.29, 0.717) is 19.3 Å². The van der Waals surface area contributed by atoms with Crippen molar-refractivity contribution in [2.45, 2.75) is 285 Å². The van der Waals surface area contributed by atoms with Crippen molar-refractivity contribution in [3.63, 3.8) is 0 Å². The van der Waals surface area contributed by atoms with Crippen LogP contribution in [0.2, 0.25) is 0 Å². The molecule has 1 atom stereocenters. The van der Waals surface area contributed by atoms with Gasteiger partial charge in [-0.1, -0.05) is 240 Å². The molecule has 0 bridgehead atoms. The molecule has 0 radical (unpaired) electrons. The molecule has 0 heterocycles. The van der Waals surface area contributed by atoms with E-state index < -0.39 is 6.10 Å². The minimum absolute atomic E-state index is 0.0640. The lowest BCUT2D eigenvalue weighted by Gasteiger charge is -2.18. The summed E-state index contributed by atoms with van der Waals surface area (Å²) in [7, 11) is 0. The van der Waals surface area contributed by atoms with Crippen molar-refractivity contribution in [2.75, 3.05) is 13.2 Å². The standard InChI is InChI=1S/C51H98O6/c1-6-7-8-9-10-11-21-26-31-36-41-49(52)55-44-48(45-56-50(53)42-37-32-27-22-18-14-16-20-25-30-35-40-47(4)5)57-51(54)43-38-33-28-23-17-13-12-15-19-24-29-34-39-46(2)3/h46-48H,6-45H2,1-5H3/t48-/m1/s1. The minimum atomic E-state index is -0.761. The SMILES string of the molecule is CCCCCCCCCCCCC(=O)OC[C@H](COC(=O)CCCCCCCCCCCCCC(C)C)OC(=O)CCCCCCCCCCCCCCC(C)C. The first-order chi connectivity index (χ1) is 27.7. The Hall–Kier alpha value is -1.59. The van der Waals surface area contributed by atoms with Gasteiger partial charge in [-0.15, -0.1) is 0 Å². The van der Waals surface area contributed by atoms with Crippen LogP contribution in [0.25, 0.3) is 0 Å². The summed E-state index contributed by atoms with van der Waals surface area (Å²) in [5.41, 5.74) is 0. The van der Waals surface area contributed by atoms with Gasteiger partial charge >= 0.3 is 17.9 Å². The Morgan fingerprint density at radius 2 is 0.579 bits per heavy atom. The van der Waals surface area contributed by atoms with Gasteiger partial charge < -0.3 is 14.2 Å². The van der Waals surface area contributed by atoms with Crippen molar-refractivity contribution < 1.29 is 28.6 Å². The van der Waals surface area contributed by atoms with Crippen molar-refractivity contribution in [1.29, 1.82) is 0 Å². The molecule has 0 aromatic rings. The van der Waals surface area contributed by atoms with Gasteiger partial charge in [-0.05, 0) is 31.1 Å². The van der Waals surface area contributed by atoms with Gasteiger partial charge in [0, 0.05) is 19.3 Å². The molecule has 0 aliphatic rings. The van der Waals surface area contributed by atoms with E-state index in [1.165, 1.54) is 167 Å². The van der Waals surface area contributed by atoms with E-state index >= 15 is 0 Å². The van der Waals surface area contributed by atoms with Crippen LogP contribution in [0.3, 0.4) is 0 Å². The molecule has 57 heavy (non-hydrogen) atoms. The number of hydrogen-bond donors (Lipinski definition) is 0. The fraction of sp³-hybridized carbons (Fsp3) is 0.941. The van der Waals surface area contributed by atoms with Gasteiger partial charge in [-0.25, -0.2) is 0 Å². The van der Waals surface area contributed by atoms with Crippen LogP contribution in [0, 0.1) is 11.8 Å². The van der Waals surface area contributed by atoms with Crippen LogP contribution in [0.4, 0.5) is 0 Å². The third kappa shape index (κ3) is 45.3. The van der Waals surface area contributed by atoms with E-state index in [-0.39, 0.29) is 31.1 Å². The van der Waals surface area contributed by atoms with Gasteiger partial charge in [0.05, 0.1) is 0 Å². The normalized spacial score (nSPS) is 12.1. The number of carbonyl (C=O) groups is 3. The summed E-state index contributed by atoms with van der Waals surface area (Å²) < 4.78 is 16.8. The Bertz CT molecular complexity index is 870. The highest BCUT2D eigenvalue weighted by molar-refractivity contribution is 5.71. The lowest BCUT2D eigenvalue weighted by molar-refractivity contribution is -0.167.